The highest BCUT2D eigenvalue weighted by Crippen LogP contribution is 2.27. The smallest absolute Gasteiger partial charge is 0.273 e. The van der Waals surface area contributed by atoms with Crippen LogP contribution in [0.5, 0.6) is 0 Å². The standard InChI is InChI=1S/C16H13ClF2N2O.C14H9ClF2N2O.CH4/c1-3-7-21-11(4-2)9-12(17)15(21)16(22)20-10-5-6-13(18)14(19)8-10;15-10-7-9-2-1-5-19(9)13(10)14(20)18-8-3-4-11(16)12(17)6-8;/h3-6,8-9H,1-2,7H2,(H,20,22);1-4,6-7H,5H2,(H,18,20);1H4. The first-order chi connectivity index (χ1) is 20.0. The van der Waals surface area contributed by atoms with Crippen molar-refractivity contribution in [1.29, 1.82) is 0 Å². The number of carbonyl (C=O) groups is 2. The number of anilines is 2. The van der Waals surface area contributed by atoms with Crippen molar-refractivity contribution in [2.75, 3.05) is 10.6 Å². The average molecular weight is 633 g/mol. The van der Waals surface area contributed by atoms with Crippen LogP contribution in [0.25, 0.3) is 12.2 Å². The van der Waals surface area contributed by atoms with Gasteiger partial charge in [-0.25, -0.2) is 17.6 Å². The molecule has 1 aliphatic heterocycles. The summed E-state index contributed by atoms with van der Waals surface area (Å²) in [5.74, 6) is -5.01. The van der Waals surface area contributed by atoms with E-state index in [0.717, 1.165) is 30.0 Å². The third-order valence-electron chi connectivity index (χ3n) is 6.05. The normalized spacial score (nSPS) is 11.1. The molecule has 0 saturated carbocycles. The first-order valence-electron chi connectivity index (χ1n) is 12.2. The number of amides is 2. The molecule has 2 amide bonds. The van der Waals surface area contributed by atoms with Crippen LogP contribution in [-0.4, -0.2) is 20.9 Å². The van der Waals surface area contributed by atoms with Gasteiger partial charge in [-0.3, -0.25) is 9.59 Å². The molecule has 3 heterocycles. The molecular weight excluding hydrogens is 607 g/mol. The number of fused-ring (bicyclic) bond motifs is 1. The second-order valence-corrected chi connectivity index (χ2v) is 9.63. The molecule has 6 nitrogen and oxygen atoms in total. The van der Waals surface area contributed by atoms with Crippen molar-refractivity contribution < 1.29 is 27.2 Å². The van der Waals surface area contributed by atoms with Crippen molar-refractivity contribution in [3.63, 3.8) is 0 Å². The zero-order chi connectivity index (χ0) is 30.6. The molecule has 1 aliphatic rings. The molecule has 0 bridgehead atoms. The summed E-state index contributed by atoms with van der Waals surface area (Å²) >= 11 is 12.1. The van der Waals surface area contributed by atoms with Crippen molar-refractivity contribution in [1.82, 2.24) is 9.13 Å². The molecule has 0 unspecified atom stereocenters. The Morgan fingerprint density at radius 1 is 0.814 bits per heavy atom. The Hall–Kier alpha value is -4.54. The van der Waals surface area contributed by atoms with Crippen LogP contribution in [0, 0.1) is 23.3 Å². The van der Waals surface area contributed by atoms with E-state index in [4.69, 9.17) is 23.2 Å². The van der Waals surface area contributed by atoms with Gasteiger partial charge in [0, 0.05) is 48.0 Å². The highest BCUT2D eigenvalue weighted by Gasteiger charge is 2.22. The molecule has 2 aromatic heterocycles. The van der Waals surface area contributed by atoms with Crippen molar-refractivity contribution in [2.45, 2.75) is 20.5 Å². The maximum absolute atomic E-state index is 13.2. The minimum Gasteiger partial charge on any atom is -0.332 e. The van der Waals surface area contributed by atoms with Crippen molar-refractivity contribution in [3.8, 4) is 0 Å². The van der Waals surface area contributed by atoms with Crippen LogP contribution < -0.4 is 10.6 Å². The van der Waals surface area contributed by atoms with E-state index in [9.17, 15) is 27.2 Å². The maximum atomic E-state index is 13.2. The maximum Gasteiger partial charge on any atom is 0.273 e. The van der Waals surface area contributed by atoms with Gasteiger partial charge in [0.15, 0.2) is 23.3 Å². The van der Waals surface area contributed by atoms with E-state index in [2.05, 4.69) is 23.8 Å². The zero-order valence-corrected chi connectivity index (χ0v) is 23.2. The highest BCUT2D eigenvalue weighted by atomic mass is 35.5. The van der Waals surface area contributed by atoms with Gasteiger partial charge in [-0.1, -0.05) is 49.4 Å². The summed E-state index contributed by atoms with van der Waals surface area (Å²) in [5.41, 5.74) is 2.29. The number of nitrogens with zero attached hydrogens (tertiary/aromatic N) is 2. The Morgan fingerprint density at radius 3 is 1.86 bits per heavy atom. The number of hydrogen-bond donors (Lipinski definition) is 2. The topological polar surface area (TPSA) is 68.1 Å². The van der Waals surface area contributed by atoms with E-state index in [1.165, 1.54) is 12.1 Å². The Kier molecular flexibility index (Phi) is 10.8. The van der Waals surface area contributed by atoms with Crippen LogP contribution in [0.15, 0.2) is 73.8 Å². The van der Waals surface area contributed by atoms with Gasteiger partial charge in [0.1, 0.15) is 11.4 Å². The highest BCUT2D eigenvalue weighted by molar-refractivity contribution is 6.35. The molecule has 0 saturated heterocycles. The number of halogens is 6. The van der Waals surface area contributed by atoms with Crippen LogP contribution in [0.3, 0.4) is 0 Å². The van der Waals surface area contributed by atoms with E-state index in [1.807, 2.05) is 12.2 Å². The first-order valence-corrected chi connectivity index (χ1v) is 13.0. The minimum atomic E-state index is -1.04. The van der Waals surface area contributed by atoms with Crippen LogP contribution in [0.2, 0.25) is 10.0 Å². The van der Waals surface area contributed by atoms with E-state index in [-0.39, 0.29) is 29.5 Å². The van der Waals surface area contributed by atoms with Gasteiger partial charge in [-0.15, -0.1) is 6.58 Å². The predicted molar refractivity (Wildman–Crippen MR) is 164 cm³/mol. The summed E-state index contributed by atoms with van der Waals surface area (Å²) in [5, 5.41) is 5.54. The van der Waals surface area contributed by atoms with Crippen LogP contribution in [-0.2, 0) is 13.1 Å². The summed E-state index contributed by atoms with van der Waals surface area (Å²) < 4.78 is 55.4. The number of benzene rings is 2. The SMILES string of the molecule is C.C=CCn1c(C=C)cc(Cl)c1C(=O)Nc1ccc(F)c(F)c1.O=C(Nc1ccc(F)c(F)c1)c1c(Cl)cc2n1CC=C2. The summed E-state index contributed by atoms with van der Waals surface area (Å²) in [7, 11) is 0. The molecule has 2 aromatic carbocycles. The lowest BCUT2D eigenvalue weighted by atomic mass is 10.3. The molecule has 4 aromatic rings. The fourth-order valence-electron chi connectivity index (χ4n) is 4.17. The van der Waals surface area contributed by atoms with E-state index >= 15 is 0 Å². The van der Waals surface area contributed by atoms with E-state index in [0.29, 0.717) is 29.5 Å². The third-order valence-corrected chi connectivity index (χ3v) is 6.62. The van der Waals surface area contributed by atoms with Crippen LogP contribution in [0.1, 0.15) is 39.8 Å². The lowest BCUT2D eigenvalue weighted by Gasteiger charge is -2.10. The molecule has 2 N–H and O–H groups in total. The lowest BCUT2D eigenvalue weighted by molar-refractivity contribution is 0.101. The predicted octanol–water partition coefficient (Wildman–Crippen LogP) is 8.84. The van der Waals surface area contributed by atoms with Crippen molar-refractivity contribution in [3.05, 3.63) is 130 Å². The Balaban J connectivity index is 0.000000231. The van der Waals surface area contributed by atoms with Crippen molar-refractivity contribution >= 4 is 58.5 Å². The third kappa shape index (κ3) is 7.28. The Morgan fingerprint density at radius 2 is 1.35 bits per heavy atom. The molecule has 43 heavy (non-hydrogen) atoms. The monoisotopic (exact) mass is 632 g/mol. The molecule has 224 valence electrons. The van der Waals surface area contributed by atoms with E-state index in [1.54, 1.807) is 33.4 Å². The number of carbonyl (C=O) groups excluding carboxylic acids is 2. The number of aromatic nitrogens is 2. The zero-order valence-electron chi connectivity index (χ0n) is 21.7. The summed E-state index contributed by atoms with van der Waals surface area (Å²) in [4.78, 5) is 24.5. The Bertz CT molecular complexity index is 1740. The summed E-state index contributed by atoms with van der Waals surface area (Å²) in [6.45, 7) is 8.20. The quantitative estimate of drug-likeness (QED) is 0.158. The fourth-order valence-corrected chi connectivity index (χ4v) is 4.77. The van der Waals surface area contributed by atoms with E-state index < -0.39 is 35.1 Å². The molecule has 0 fully saturated rings. The van der Waals surface area contributed by atoms with Crippen LogP contribution >= 0.6 is 23.2 Å². The molecule has 0 aliphatic carbocycles. The van der Waals surface area contributed by atoms with Gasteiger partial charge in [0.2, 0.25) is 0 Å². The number of rotatable bonds is 7. The molecule has 5 rings (SSSR count). The number of hydrogen-bond acceptors (Lipinski definition) is 2. The second kappa shape index (κ2) is 14.1. The van der Waals surface area contributed by atoms with Gasteiger partial charge in [-0.2, -0.15) is 0 Å². The Labute approximate surface area is 255 Å². The first kappa shape index (κ1) is 33.0. The largest absolute Gasteiger partial charge is 0.332 e. The minimum absolute atomic E-state index is 0. The van der Waals surface area contributed by atoms with Gasteiger partial charge >= 0.3 is 0 Å². The molecule has 0 spiro atoms. The van der Waals surface area contributed by atoms with Crippen molar-refractivity contribution in [2.24, 2.45) is 0 Å². The number of allylic oxidation sites excluding steroid dienone is 2. The molecule has 0 radical (unpaired) electrons. The van der Waals surface area contributed by atoms with Gasteiger partial charge in [-0.05, 0) is 48.6 Å². The molecule has 0 atom stereocenters. The average Bonchev–Trinajstić information content (AvgIpc) is 3.61. The number of nitrogens with one attached hydrogen (secondary N) is 2. The second-order valence-electron chi connectivity index (χ2n) is 8.81. The molecule has 12 heteroatoms. The summed E-state index contributed by atoms with van der Waals surface area (Å²) in [6, 6.07) is 9.55. The molecular formula is C31H26Cl2F4N4O2. The lowest BCUT2D eigenvalue weighted by Crippen LogP contribution is -2.18. The van der Waals surface area contributed by atoms with Gasteiger partial charge in [0.05, 0.1) is 10.0 Å². The summed E-state index contributed by atoms with van der Waals surface area (Å²) in [6.07, 6.45) is 6.93. The fraction of sp³-hybridized carbons (Fsp3) is 0.0968. The van der Waals surface area contributed by atoms with Gasteiger partial charge < -0.3 is 19.8 Å². The van der Waals surface area contributed by atoms with Crippen LogP contribution in [0.4, 0.5) is 28.9 Å². The van der Waals surface area contributed by atoms with Gasteiger partial charge in [0.25, 0.3) is 11.8 Å².